The Hall–Kier alpha value is -3.10. The first-order chi connectivity index (χ1) is 15.7. The number of carbonyl (C=O) groups is 3. The molecule has 0 spiro atoms. The number of nitrogens with zero attached hydrogens (tertiary/aromatic N) is 1. The third kappa shape index (κ3) is 5.83. The predicted molar refractivity (Wildman–Crippen MR) is 122 cm³/mol. The summed E-state index contributed by atoms with van der Waals surface area (Å²) in [6.07, 6.45) is 0.250. The molecule has 2 atom stereocenters. The van der Waals surface area contributed by atoms with E-state index >= 15 is 0 Å². The highest BCUT2D eigenvalue weighted by Gasteiger charge is 2.59. The van der Waals surface area contributed by atoms with Gasteiger partial charge >= 0.3 is 11.9 Å². The second kappa shape index (κ2) is 10.7. The molecule has 0 saturated carbocycles. The summed E-state index contributed by atoms with van der Waals surface area (Å²) < 4.78 is 10.7. The van der Waals surface area contributed by atoms with Crippen molar-refractivity contribution in [2.24, 2.45) is 5.92 Å². The molecule has 0 aromatic heterocycles. The van der Waals surface area contributed by atoms with Gasteiger partial charge in [-0.05, 0) is 43.2 Å². The summed E-state index contributed by atoms with van der Waals surface area (Å²) in [4.78, 5) is 38.8. The van der Waals surface area contributed by atoms with Gasteiger partial charge in [-0.25, -0.2) is 0 Å². The quantitative estimate of drug-likeness (QED) is 0.309. The predicted octanol–water partition coefficient (Wildman–Crippen LogP) is 3.13. The van der Waals surface area contributed by atoms with E-state index in [2.05, 4.69) is 5.32 Å². The van der Waals surface area contributed by atoms with Crippen LogP contribution in [0.2, 0.25) is 5.02 Å². The van der Waals surface area contributed by atoms with Crippen LogP contribution in [0.3, 0.4) is 0 Å². The minimum atomic E-state index is -1.15. The van der Waals surface area contributed by atoms with Crippen molar-refractivity contribution in [1.29, 1.82) is 0 Å². The zero-order chi connectivity index (χ0) is 24.0. The Morgan fingerprint density at radius 3 is 2.55 bits per heavy atom. The topological polar surface area (TPSA) is 105 Å². The number of rotatable bonds is 10. The number of halogens is 1. The number of methoxy groups -OCH3 is 1. The lowest BCUT2D eigenvalue weighted by Crippen LogP contribution is -2.73. The SMILES string of the molecule is COc1cccc(OC(=O)C2CN(Cc3ccc(Cl)cc3)C2(C)C(=O)NCCCC(=O)O)c1. The highest BCUT2D eigenvalue weighted by Crippen LogP contribution is 2.39. The van der Waals surface area contributed by atoms with Gasteiger partial charge in [0, 0.05) is 37.1 Å². The third-order valence-corrected chi connectivity index (χ3v) is 6.13. The van der Waals surface area contributed by atoms with Crippen LogP contribution >= 0.6 is 11.6 Å². The van der Waals surface area contributed by atoms with Crippen LogP contribution in [0.1, 0.15) is 25.3 Å². The van der Waals surface area contributed by atoms with E-state index in [1.54, 1.807) is 43.3 Å². The fourth-order valence-corrected chi connectivity index (χ4v) is 3.94. The van der Waals surface area contributed by atoms with Crippen LogP contribution < -0.4 is 14.8 Å². The Morgan fingerprint density at radius 2 is 1.88 bits per heavy atom. The zero-order valence-corrected chi connectivity index (χ0v) is 19.3. The van der Waals surface area contributed by atoms with Crippen molar-refractivity contribution >= 4 is 29.4 Å². The van der Waals surface area contributed by atoms with Crippen LogP contribution in [0, 0.1) is 5.92 Å². The number of amides is 1. The monoisotopic (exact) mass is 474 g/mol. The number of aliphatic carboxylic acids is 1. The van der Waals surface area contributed by atoms with Gasteiger partial charge < -0.3 is 19.9 Å². The number of carboxylic acid groups (broad SMARTS) is 1. The fraction of sp³-hybridized carbons (Fsp3) is 0.375. The minimum absolute atomic E-state index is 0.0488. The first-order valence-corrected chi connectivity index (χ1v) is 11.0. The van der Waals surface area contributed by atoms with Gasteiger partial charge in [0.1, 0.15) is 17.0 Å². The molecule has 1 aliphatic heterocycles. The van der Waals surface area contributed by atoms with Crippen LogP contribution in [0.4, 0.5) is 0 Å². The molecule has 0 bridgehead atoms. The molecular weight excluding hydrogens is 448 g/mol. The van der Waals surface area contributed by atoms with Crippen molar-refractivity contribution in [3.8, 4) is 11.5 Å². The molecule has 2 aromatic rings. The number of hydrogen-bond acceptors (Lipinski definition) is 6. The van der Waals surface area contributed by atoms with Crippen LogP contribution in [-0.4, -0.2) is 53.6 Å². The molecule has 8 nitrogen and oxygen atoms in total. The van der Waals surface area contributed by atoms with Crippen molar-refractivity contribution in [3.05, 3.63) is 59.1 Å². The van der Waals surface area contributed by atoms with Crippen molar-refractivity contribution in [2.45, 2.75) is 31.8 Å². The van der Waals surface area contributed by atoms with Crippen LogP contribution in [0.5, 0.6) is 11.5 Å². The Bertz CT molecular complexity index is 1010. The van der Waals surface area contributed by atoms with Crippen LogP contribution in [-0.2, 0) is 20.9 Å². The Kier molecular flexibility index (Phi) is 7.94. The molecule has 1 aliphatic rings. The van der Waals surface area contributed by atoms with E-state index in [0.29, 0.717) is 36.0 Å². The lowest BCUT2D eigenvalue weighted by Gasteiger charge is -2.54. The maximum Gasteiger partial charge on any atom is 0.318 e. The lowest BCUT2D eigenvalue weighted by atomic mass is 9.74. The smallest absolute Gasteiger partial charge is 0.318 e. The van der Waals surface area contributed by atoms with Gasteiger partial charge in [0.05, 0.1) is 13.0 Å². The molecule has 9 heteroatoms. The van der Waals surface area contributed by atoms with E-state index in [1.165, 1.54) is 7.11 Å². The van der Waals surface area contributed by atoms with Crippen LogP contribution in [0.25, 0.3) is 0 Å². The first kappa shape index (κ1) is 24.5. The molecule has 1 amide bonds. The van der Waals surface area contributed by atoms with E-state index < -0.39 is 23.4 Å². The zero-order valence-electron chi connectivity index (χ0n) is 18.5. The van der Waals surface area contributed by atoms with E-state index in [1.807, 2.05) is 17.0 Å². The normalized spacial score (nSPS) is 19.9. The number of nitrogens with one attached hydrogen (secondary N) is 1. The highest BCUT2D eigenvalue weighted by atomic mass is 35.5. The van der Waals surface area contributed by atoms with Crippen molar-refractivity contribution in [1.82, 2.24) is 10.2 Å². The van der Waals surface area contributed by atoms with Crippen molar-refractivity contribution in [3.63, 3.8) is 0 Å². The van der Waals surface area contributed by atoms with E-state index in [4.69, 9.17) is 26.2 Å². The number of hydrogen-bond donors (Lipinski definition) is 2. The molecule has 2 N–H and O–H groups in total. The van der Waals surface area contributed by atoms with E-state index in [9.17, 15) is 14.4 Å². The average Bonchev–Trinajstić information content (AvgIpc) is 2.79. The van der Waals surface area contributed by atoms with E-state index in [0.717, 1.165) is 5.56 Å². The molecule has 33 heavy (non-hydrogen) atoms. The van der Waals surface area contributed by atoms with Gasteiger partial charge in [-0.1, -0.05) is 29.8 Å². The summed E-state index contributed by atoms with van der Waals surface area (Å²) in [5.74, 6) is -1.60. The lowest BCUT2D eigenvalue weighted by molar-refractivity contribution is -0.171. The summed E-state index contributed by atoms with van der Waals surface area (Å²) in [5.41, 5.74) is -0.206. The standard InChI is InChI=1S/C24H27ClN2O6/c1-24(23(31)26-12-4-7-21(28)29)20(15-27(24)14-16-8-10-17(25)11-9-16)22(30)33-19-6-3-5-18(13-19)32-2/h3,5-6,8-11,13,20H,4,7,12,14-15H2,1-2H3,(H,26,31)(H,28,29). The number of ether oxygens (including phenoxy) is 2. The number of benzene rings is 2. The first-order valence-electron chi connectivity index (χ1n) is 10.6. The Balaban J connectivity index is 1.74. The molecule has 2 aromatic carbocycles. The van der Waals surface area contributed by atoms with Crippen LogP contribution in [0.15, 0.2) is 48.5 Å². The summed E-state index contributed by atoms with van der Waals surface area (Å²) in [7, 11) is 1.52. The van der Waals surface area contributed by atoms with Crippen molar-refractivity contribution < 1.29 is 29.0 Å². The molecule has 2 unspecified atom stereocenters. The average molecular weight is 475 g/mol. The molecule has 1 fully saturated rings. The van der Waals surface area contributed by atoms with Gasteiger partial charge in [0.2, 0.25) is 5.91 Å². The summed E-state index contributed by atoms with van der Waals surface area (Å²) in [5, 5.41) is 12.2. The molecule has 3 rings (SSSR count). The fourth-order valence-electron chi connectivity index (χ4n) is 3.81. The van der Waals surface area contributed by atoms with Gasteiger partial charge in [-0.15, -0.1) is 0 Å². The summed E-state index contributed by atoms with van der Waals surface area (Å²) in [6, 6.07) is 14.0. The highest BCUT2D eigenvalue weighted by molar-refractivity contribution is 6.30. The largest absolute Gasteiger partial charge is 0.497 e. The Labute approximate surface area is 197 Å². The van der Waals surface area contributed by atoms with Gasteiger partial charge in [-0.2, -0.15) is 0 Å². The number of esters is 1. The molecule has 0 radical (unpaired) electrons. The molecule has 0 aliphatic carbocycles. The third-order valence-electron chi connectivity index (χ3n) is 5.88. The second-order valence-electron chi connectivity index (χ2n) is 8.06. The van der Waals surface area contributed by atoms with Gasteiger partial charge in [0.25, 0.3) is 0 Å². The number of carboxylic acids is 1. The number of likely N-dealkylation sites (tertiary alicyclic amines) is 1. The number of carbonyl (C=O) groups excluding carboxylic acids is 2. The van der Waals surface area contributed by atoms with Gasteiger partial charge in [-0.3, -0.25) is 19.3 Å². The summed E-state index contributed by atoms with van der Waals surface area (Å²) in [6.45, 7) is 2.69. The molecule has 1 saturated heterocycles. The van der Waals surface area contributed by atoms with Gasteiger partial charge in [0.15, 0.2) is 0 Å². The molecular formula is C24H27ClN2O6. The minimum Gasteiger partial charge on any atom is -0.497 e. The molecule has 1 heterocycles. The van der Waals surface area contributed by atoms with Crippen molar-refractivity contribution in [2.75, 3.05) is 20.2 Å². The second-order valence-corrected chi connectivity index (χ2v) is 8.50. The molecule has 176 valence electrons. The maximum atomic E-state index is 13.2. The maximum absolute atomic E-state index is 13.2. The summed E-state index contributed by atoms with van der Waals surface area (Å²) >= 11 is 5.97. The van der Waals surface area contributed by atoms with E-state index in [-0.39, 0.29) is 18.9 Å². The Morgan fingerprint density at radius 1 is 1.18 bits per heavy atom.